The topological polar surface area (TPSA) is 36.4 Å². The molecule has 2 heterocycles. The van der Waals surface area contributed by atoms with Gasteiger partial charge in [-0.15, -0.1) is 0 Å². The molecule has 1 atom stereocenters. The van der Waals surface area contributed by atoms with Crippen molar-refractivity contribution in [2.24, 2.45) is 5.92 Å². The minimum atomic E-state index is -0.0829. The molecule has 3 nitrogen and oxygen atoms in total. The Labute approximate surface area is 116 Å². The minimum absolute atomic E-state index is 0.0829. The van der Waals surface area contributed by atoms with Gasteiger partial charge in [0.25, 0.3) is 0 Å². The van der Waals surface area contributed by atoms with Gasteiger partial charge < -0.3 is 5.11 Å². The van der Waals surface area contributed by atoms with Crippen LogP contribution in [-0.4, -0.2) is 34.2 Å². The van der Waals surface area contributed by atoms with Gasteiger partial charge in [0.2, 0.25) is 0 Å². The fourth-order valence-electron chi connectivity index (χ4n) is 2.89. The molecule has 0 bridgehead atoms. The van der Waals surface area contributed by atoms with Crippen LogP contribution in [0.25, 0.3) is 0 Å². The Bertz CT molecular complexity index is 347. The molecule has 0 unspecified atom stereocenters. The highest BCUT2D eigenvalue weighted by molar-refractivity contribution is 5.08. The normalized spacial score (nSPS) is 19.5. The lowest BCUT2D eigenvalue weighted by Gasteiger charge is -2.34. The summed E-state index contributed by atoms with van der Waals surface area (Å²) in [4.78, 5) is 6.63. The molecule has 1 saturated heterocycles. The molecule has 0 saturated carbocycles. The zero-order valence-corrected chi connectivity index (χ0v) is 12.0. The largest absolute Gasteiger partial charge is 0.393 e. The van der Waals surface area contributed by atoms with E-state index in [4.69, 9.17) is 0 Å². The summed E-state index contributed by atoms with van der Waals surface area (Å²) in [5.41, 5.74) is 1.28. The quantitative estimate of drug-likeness (QED) is 0.856. The van der Waals surface area contributed by atoms with Crippen molar-refractivity contribution in [1.82, 2.24) is 9.88 Å². The van der Waals surface area contributed by atoms with Crippen molar-refractivity contribution in [3.63, 3.8) is 0 Å². The maximum absolute atomic E-state index is 10.2. The van der Waals surface area contributed by atoms with Crippen molar-refractivity contribution in [1.29, 1.82) is 0 Å². The summed E-state index contributed by atoms with van der Waals surface area (Å²) in [6.45, 7) is 5.38. The van der Waals surface area contributed by atoms with Crippen LogP contribution < -0.4 is 0 Å². The average Bonchev–Trinajstić information content (AvgIpc) is 2.46. The summed E-state index contributed by atoms with van der Waals surface area (Å²) < 4.78 is 0. The molecular weight excluding hydrogens is 236 g/mol. The molecule has 1 aromatic heterocycles. The standard InChI is InChI=1S/C16H26N2O/c1-2-3-6-16(19)15-7-10-18(11-8-15)13-14-5-4-9-17-12-14/h4-5,9,12,15-16,19H,2-3,6-8,10-11,13H2,1H3/t16-/m0/s1. The minimum Gasteiger partial charge on any atom is -0.393 e. The van der Waals surface area contributed by atoms with Gasteiger partial charge in [-0.3, -0.25) is 9.88 Å². The van der Waals surface area contributed by atoms with E-state index in [-0.39, 0.29) is 6.10 Å². The van der Waals surface area contributed by atoms with Crippen molar-refractivity contribution in [2.75, 3.05) is 13.1 Å². The Balaban J connectivity index is 1.73. The maximum Gasteiger partial charge on any atom is 0.0569 e. The zero-order chi connectivity index (χ0) is 13.5. The van der Waals surface area contributed by atoms with Crippen LogP contribution in [0.2, 0.25) is 0 Å². The van der Waals surface area contributed by atoms with E-state index in [2.05, 4.69) is 22.9 Å². The number of aromatic nitrogens is 1. The van der Waals surface area contributed by atoms with E-state index in [0.29, 0.717) is 5.92 Å². The Kier molecular flexibility index (Phi) is 5.80. The molecule has 0 radical (unpaired) electrons. The smallest absolute Gasteiger partial charge is 0.0569 e. The van der Waals surface area contributed by atoms with Crippen LogP contribution in [0.1, 0.15) is 44.6 Å². The first-order valence-electron chi connectivity index (χ1n) is 7.59. The SMILES string of the molecule is CCCC[C@H](O)C1CCN(Cc2cccnc2)CC1. The van der Waals surface area contributed by atoms with Crippen molar-refractivity contribution >= 4 is 0 Å². The van der Waals surface area contributed by atoms with Crippen molar-refractivity contribution in [3.05, 3.63) is 30.1 Å². The molecule has 1 fully saturated rings. The third-order valence-corrected chi connectivity index (χ3v) is 4.16. The van der Waals surface area contributed by atoms with E-state index in [1.165, 1.54) is 12.0 Å². The zero-order valence-electron chi connectivity index (χ0n) is 12.0. The number of pyridine rings is 1. The molecule has 1 aliphatic rings. The van der Waals surface area contributed by atoms with Gasteiger partial charge in [-0.2, -0.15) is 0 Å². The highest BCUT2D eigenvalue weighted by Crippen LogP contribution is 2.24. The molecule has 2 rings (SSSR count). The lowest BCUT2D eigenvalue weighted by atomic mass is 9.88. The summed E-state index contributed by atoms with van der Waals surface area (Å²) >= 11 is 0. The summed E-state index contributed by atoms with van der Waals surface area (Å²) in [5.74, 6) is 0.511. The number of rotatable bonds is 6. The van der Waals surface area contributed by atoms with Crippen molar-refractivity contribution in [2.45, 2.75) is 51.7 Å². The lowest BCUT2D eigenvalue weighted by molar-refractivity contribution is 0.0502. The number of hydrogen-bond donors (Lipinski definition) is 1. The fraction of sp³-hybridized carbons (Fsp3) is 0.688. The first-order valence-corrected chi connectivity index (χ1v) is 7.59. The van der Waals surface area contributed by atoms with Gasteiger partial charge in [0.05, 0.1) is 6.10 Å². The van der Waals surface area contributed by atoms with E-state index >= 15 is 0 Å². The first-order chi connectivity index (χ1) is 9.29. The van der Waals surface area contributed by atoms with Gasteiger partial charge in [-0.1, -0.05) is 25.8 Å². The molecule has 106 valence electrons. The highest BCUT2D eigenvalue weighted by atomic mass is 16.3. The molecule has 0 aromatic carbocycles. The van der Waals surface area contributed by atoms with Crippen LogP contribution in [0.3, 0.4) is 0 Å². The lowest BCUT2D eigenvalue weighted by Crippen LogP contribution is -2.37. The molecule has 0 aliphatic carbocycles. The van der Waals surface area contributed by atoms with Gasteiger partial charge in [-0.25, -0.2) is 0 Å². The first kappa shape index (κ1) is 14.5. The van der Waals surface area contributed by atoms with E-state index in [1.807, 2.05) is 18.5 Å². The predicted octanol–water partition coefficient (Wildman–Crippen LogP) is 2.84. The van der Waals surface area contributed by atoms with Gasteiger partial charge in [0.15, 0.2) is 0 Å². The summed E-state index contributed by atoms with van der Waals surface area (Å²) in [5, 5.41) is 10.2. The molecule has 0 spiro atoms. The molecule has 1 aromatic rings. The van der Waals surface area contributed by atoms with Crippen LogP contribution in [0.4, 0.5) is 0 Å². The van der Waals surface area contributed by atoms with Crippen molar-refractivity contribution < 1.29 is 5.11 Å². The number of piperidine rings is 1. The van der Waals surface area contributed by atoms with Crippen LogP contribution in [0.15, 0.2) is 24.5 Å². The monoisotopic (exact) mass is 262 g/mol. The predicted molar refractivity (Wildman–Crippen MR) is 77.8 cm³/mol. The molecule has 3 heteroatoms. The Morgan fingerprint density at radius 1 is 1.42 bits per heavy atom. The molecular formula is C16H26N2O. The summed E-state index contributed by atoms with van der Waals surface area (Å²) in [6, 6.07) is 4.13. The number of aliphatic hydroxyl groups is 1. The second-order valence-electron chi connectivity index (χ2n) is 5.68. The maximum atomic E-state index is 10.2. The summed E-state index contributed by atoms with van der Waals surface area (Å²) in [7, 11) is 0. The second-order valence-corrected chi connectivity index (χ2v) is 5.68. The van der Waals surface area contributed by atoms with E-state index in [0.717, 1.165) is 45.3 Å². The van der Waals surface area contributed by atoms with Gasteiger partial charge in [-0.05, 0) is 49.9 Å². The van der Waals surface area contributed by atoms with Crippen LogP contribution >= 0.6 is 0 Å². The molecule has 19 heavy (non-hydrogen) atoms. The van der Waals surface area contributed by atoms with Gasteiger partial charge in [0.1, 0.15) is 0 Å². The second kappa shape index (κ2) is 7.61. The number of hydrogen-bond acceptors (Lipinski definition) is 3. The van der Waals surface area contributed by atoms with Gasteiger partial charge in [0, 0.05) is 18.9 Å². The van der Waals surface area contributed by atoms with E-state index in [1.54, 1.807) is 0 Å². The average molecular weight is 262 g/mol. The number of likely N-dealkylation sites (tertiary alicyclic amines) is 1. The summed E-state index contributed by atoms with van der Waals surface area (Å²) in [6.07, 6.45) is 9.25. The Hall–Kier alpha value is -0.930. The van der Waals surface area contributed by atoms with E-state index in [9.17, 15) is 5.11 Å². The van der Waals surface area contributed by atoms with Crippen LogP contribution in [0.5, 0.6) is 0 Å². The number of unbranched alkanes of at least 4 members (excludes halogenated alkanes) is 1. The molecule has 0 amide bonds. The molecule has 1 aliphatic heterocycles. The highest BCUT2D eigenvalue weighted by Gasteiger charge is 2.24. The number of nitrogens with zero attached hydrogens (tertiary/aromatic N) is 2. The third kappa shape index (κ3) is 4.59. The Morgan fingerprint density at radius 2 is 2.21 bits per heavy atom. The van der Waals surface area contributed by atoms with Gasteiger partial charge >= 0.3 is 0 Å². The van der Waals surface area contributed by atoms with Crippen LogP contribution in [-0.2, 0) is 6.54 Å². The van der Waals surface area contributed by atoms with E-state index < -0.39 is 0 Å². The fourth-order valence-corrected chi connectivity index (χ4v) is 2.89. The third-order valence-electron chi connectivity index (χ3n) is 4.16. The number of aliphatic hydroxyl groups excluding tert-OH is 1. The molecule has 1 N–H and O–H groups in total. The van der Waals surface area contributed by atoms with Crippen molar-refractivity contribution in [3.8, 4) is 0 Å². The Morgan fingerprint density at radius 3 is 2.84 bits per heavy atom. The van der Waals surface area contributed by atoms with Crippen LogP contribution in [0, 0.1) is 5.92 Å².